The lowest BCUT2D eigenvalue weighted by Gasteiger charge is -2.09. The van der Waals surface area contributed by atoms with Crippen LogP contribution in [0.15, 0.2) is 42.5 Å². The summed E-state index contributed by atoms with van der Waals surface area (Å²) in [5.74, 6) is -0.980. The fraction of sp³-hybridized carbons (Fsp3) is 0.158. The van der Waals surface area contributed by atoms with Crippen LogP contribution >= 0.6 is 0 Å². The van der Waals surface area contributed by atoms with Gasteiger partial charge in [0.15, 0.2) is 0 Å². The molecule has 132 valence electrons. The van der Waals surface area contributed by atoms with Gasteiger partial charge in [0.1, 0.15) is 0 Å². The molecular formula is C19H18N4O3. The molecule has 0 radical (unpaired) electrons. The maximum atomic E-state index is 12.1. The van der Waals surface area contributed by atoms with Crippen molar-refractivity contribution in [3.63, 3.8) is 0 Å². The van der Waals surface area contributed by atoms with Gasteiger partial charge >= 0.3 is 12.0 Å². The number of urea groups is 1. The molecule has 0 bridgehead atoms. The zero-order valence-electron chi connectivity index (χ0n) is 14.4. The van der Waals surface area contributed by atoms with E-state index in [1.807, 2.05) is 19.9 Å². The van der Waals surface area contributed by atoms with Crippen molar-refractivity contribution in [2.75, 3.05) is 5.32 Å². The number of fused-ring (bicyclic) bond motifs is 1. The number of benzene rings is 2. The lowest BCUT2D eigenvalue weighted by Crippen LogP contribution is -2.28. The Hall–Kier alpha value is -3.48. The van der Waals surface area contributed by atoms with Crippen molar-refractivity contribution in [1.29, 1.82) is 0 Å². The summed E-state index contributed by atoms with van der Waals surface area (Å²) in [6, 6.07) is 11.3. The van der Waals surface area contributed by atoms with Gasteiger partial charge in [-0.3, -0.25) is 0 Å². The van der Waals surface area contributed by atoms with E-state index in [1.165, 1.54) is 12.1 Å². The van der Waals surface area contributed by atoms with Gasteiger partial charge in [0.25, 0.3) is 0 Å². The highest BCUT2D eigenvalue weighted by atomic mass is 16.4. The average molecular weight is 350 g/mol. The Morgan fingerprint density at radius 2 is 1.62 bits per heavy atom. The zero-order valence-corrected chi connectivity index (χ0v) is 14.4. The number of aromatic carboxylic acids is 1. The molecule has 1 heterocycles. The topological polar surface area (TPSA) is 104 Å². The molecule has 26 heavy (non-hydrogen) atoms. The molecule has 0 saturated heterocycles. The van der Waals surface area contributed by atoms with Gasteiger partial charge in [0.2, 0.25) is 0 Å². The molecule has 3 rings (SSSR count). The predicted octanol–water partition coefficient (Wildman–Crippen LogP) is 3.27. The van der Waals surface area contributed by atoms with Crippen LogP contribution < -0.4 is 10.6 Å². The van der Waals surface area contributed by atoms with E-state index in [2.05, 4.69) is 20.6 Å². The molecular weight excluding hydrogens is 332 g/mol. The molecule has 1 aromatic heterocycles. The molecule has 0 fully saturated rings. The third-order valence-electron chi connectivity index (χ3n) is 3.99. The predicted molar refractivity (Wildman–Crippen MR) is 98.3 cm³/mol. The second-order valence-corrected chi connectivity index (χ2v) is 5.91. The van der Waals surface area contributed by atoms with Crippen LogP contribution in [0.5, 0.6) is 0 Å². The summed E-state index contributed by atoms with van der Waals surface area (Å²) in [6.45, 7) is 4.09. The minimum absolute atomic E-state index is 0.209. The number of carbonyl (C=O) groups excluding carboxylic acids is 1. The molecule has 7 nitrogen and oxygen atoms in total. The van der Waals surface area contributed by atoms with Gasteiger partial charge in [0.05, 0.1) is 28.0 Å². The summed E-state index contributed by atoms with van der Waals surface area (Å²) in [7, 11) is 0. The van der Waals surface area contributed by atoms with E-state index in [9.17, 15) is 9.59 Å². The van der Waals surface area contributed by atoms with Crippen molar-refractivity contribution < 1.29 is 14.7 Å². The first-order valence-corrected chi connectivity index (χ1v) is 8.04. The second-order valence-electron chi connectivity index (χ2n) is 5.91. The van der Waals surface area contributed by atoms with E-state index in [4.69, 9.17) is 5.11 Å². The highest BCUT2D eigenvalue weighted by Crippen LogP contribution is 2.17. The summed E-state index contributed by atoms with van der Waals surface area (Å²) in [4.78, 5) is 31.8. The number of carbonyl (C=O) groups is 2. The Kier molecular flexibility index (Phi) is 4.79. The Balaban J connectivity index is 1.63. The standard InChI is InChI=1S/C19H18N4O3/c1-11-12(2)22-17-9-15(7-8-16(17)21-11)23-19(26)20-10-13-3-5-14(6-4-13)18(24)25/h3-9H,10H2,1-2H3,(H,24,25)(H2,20,23,26). The third-order valence-corrected chi connectivity index (χ3v) is 3.99. The number of hydrogen-bond donors (Lipinski definition) is 3. The van der Waals surface area contributed by atoms with Crippen LogP contribution in [0, 0.1) is 13.8 Å². The van der Waals surface area contributed by atoms with Gasteiger partial charge < -0.3 is 15.7 Å². The number of carboxylic acid groups (broad SMARTS) is 1. The zero-order chi connectivity index (χ0) is 18.7. The third kappa shape index (κ3) is 3.94. The highest BCUT2D eigenvalue weighted by Gasteiger charge is 2.06. The largest absolute Gasteiger partial charge is 0.478 e. The van der Waals surface area contributed by atoms with Gasteiger partial charge in [-0.2, -0.15) is 0 Å². The molecule has 2 amide bonds. The van der Waals surface area contributed by atoms with Crippen molar-refractivity contribution in [3.8, 4) is 0 Å². The molecule has 0 aliphatic heterocycles. The van der Waals surface area contributed by atoms with Gasteiger partial charge in [-0.1, -0.05) is 12.1 Å². The summed E-state index contributed by atoms with van der Waals surface area (Å²) < 4.78 is 0. The molecule has 0 unspecified atom stereocenters. The van der Waals surface area contributed by atoms with E-state index >= 15 is 0 Å². The Morgan fingerprint density at radius 1 is 0.962 bits per heavy atom. The van der Waals surface area contributed by atoms with Crippen molar-refractivity contribution in [2.45, 2.75) is 20.4 Å². The minimum atomic E-state index is -0.980. The quantitative estimate of drug-likeness (QED) is 0.670. The molecule has 0 aliphatic rings. The van der Waals surface area contributed by atoms with Crippen LogP contribution in [-0.4, -0.2) is 27.1 Å². The van der Waals surface area contributed by atoms with E-state index < -0.39 is 5.97 Å². The fourth-order valence-corrected chi connectivity index (χ4v) is 2.43. The highest BCUT2D eigenvalue weighted by molar-refractivity contribution is 5.92. The molecule has 2 aromatic carbocycles. The normalized spacial score (nSPS) is 10.5. The van der Waals surface area contributed by atoms with Crippen molar-refractivity contribution >= 4 is 28.7 Å². The maximum absolute atomic E-state index is 12.1. The Morgan fingerprint density at radius 3 is 2.27 bits per heavy atom. The van der Waals surface area contributed by atoms with Crippen molar-refractivity contribution in [1.82, 2.24) is 15.3 Å². The van der Waals surface area contributed by atoms with Crippen LogP contribution in [0.25, 0.3) is 11.0 Å². The maximum Gasteiger partial charge on any atom is 0.335 e. The van der Waals surface area contributed by atoms with Gasteiger partial charge in [-0.25, -0.2) is 19.6 Å². The van der Waals surface area contributed by atoms with Crippen LogP contribution in [0.4, 0.5) is 10.5 Å². The molecule has 0 saturated carbocycles. The Bertz CT molecular complexity index is 984. The summed E-state index contributed by atoms with van der Waals surface area (Å²) in [5.41, 5.74) is 4.86. The molecule has 0 aliphatic carbocycles. The number of anilines is 1. The van der Waals surface area contributed by atoms with Crippen LogP contribution in [0.3, 0.4) is 0 Å². The molecule has 3 aromatic rings. The first kappa shape index (κ1) is 17.3. The number of amides is 2. The van der Waals surface area contributed by atoms with Crippen LogP contribution in [0.1, 0.15) is 27.3 Å². The van der Waals surface area contributed by atoms with Gasteiger partial charge in [-0.05, 0) is 49.7 Å². The number of nitrogens with zero attached hydrogens (tertiary/aromatic N) is 2. The van der Waals surface area contributed by atoms with Gasteiger partial charge in [-0.15, -0.1) is 0 Å². The van der Waals surface area contributed by atoms with E-state index in [0.29, 0.717) is 5.69 Å². The molecule has 7 heteroatoms. The summed E-state index contributed by atoms with van der Waals surface area (Å²) >= 11 is 0. The lowest BCUT2D eigenvalue weighted by molar-refractivity contribution is 0.0697. The van der Waals surface area contributed by atoms with E-state index in [-0.39, 0.29) is 18.1 Å². The number of hydrogen-bond acceptors (Lipinski definition) is 4. The monoisotopic (exact) mass is 350 g/mol. The van der Waals surface area contributed by atoms with Gasteiger partial charge in [0, 0.05) is 12.2 Å². The molecule has 0 spiro atoms. The first-order chi connectivity index (χ1) is 12.4. The van der Waals surface area contributed by atoms with Crippen LogP contribution in [-0.2, 0) is 6.54 Å². The SMILES string of the molecule is Cc1nc2ccc(NC(=O)NCc3ccc(C(=O)O)cc3)cc2nc1C. The number of nitrogens with one attached hydrogen (secondary N) is 2. The van der Waals surface area contributed by atoms with Crippen molar-refractivity contribution in [2.24, 2.45) is 0 Å². The van der Waals surface area contributed by atoms with E-state index in [0.717, 1.165) is 28.0 Å². The number of aryl methyl sites for hydroxylation is 2. The summed E-state index contributed by atoms with van der Waals surface area (Å²) in [6.07, 6.45) is 0. The number of aromatic nitrogens is 2. The lowest BCUT2D eigenvalue weighted by atomic mass is 10.1. The molecule has 3 N–H and O–H groups in total. The van der Waals surface area contributed by atoms with Crippen molar-refractivity contribution in [3.05, 3.63) is 65.0 Å². The number of rotatable bonds is 4. The minimum Gasteiger partial charge on any atom is -0.478 e. The number of carboxylic acids is 1. The van der Waals surface area contributed by atoms with E-state index in [1.54, 1.807) is 24.3 Å². The fourth-order valence-electron chi connectivity index (χ4n) is 2.43. The Labute approximate surface area is 150 Å². The first-order valence-electron chi connectivity index (χ1n) is 8.04. The van der Waals surface area contributed by atoms with Crippen LogP contribution in [0.2, 0.25) is 0 Å². The second kappa shape index (κ2) is 7.18. The molecule has 0 atom stereocenters. The smallest absolute Gasteiger partial charge is 0.335 e. The summed E-state index contributed by atoms with van der Waals surface area (Å²) in [5, 5.41) is 14.4. The average Bonchev–Trinajstić information content (AvgIpc) is 2.61.